The Hall–Kier alpha value is -0.590. The van der Waals surface area contributed by atoms with E-state index in [0.717, 1.165) is 25.6 Å². The molecular formula is C10H19N3. The highest BCUT2D eigenvalue weighted by Crippen LogP contribution is 2.26. The highest BCUT2D eigenvalue weighted by molar-refractivity contribution is 4.91. The largest absolute Gasteiger partial charge is 0.305 e. The van der Waals surface area contributed by atoms with Crippen molar-refractivity contribution in [3.05, 3.63) is 0 Å². The average Bonchev–Trinajstić information content (AvgIpc) is 2.96. The molecule has 0 aliphatic heterocycles. The highest BCUT2D eigenvalue weighted by atomic mass is 15.2. The van der Waals surface area contributed by atoms with E-state index in [-0.39, 0.29) is 6.04 Å². The van der Waals surface area contributed by atoms with Gasteiger partial charge in [0, 0.05) is 12.6 Å². The van der Waals surface area contributed by atoms with Crippen molar-refractivity contribution in [3.8, 4) is 6.07 Å². The zero-order chi connectivity index (χ0) is 9.68. The molecule has 1 aliphatic carbocycles. The molecule has 3 heteroatoms. The van der Waals surface area contributed by atoms with Crippen LogP contribution >= 0.6 is 0 Å². The molecule has 0 heterocycles. The van der Waals surface area contributed by atoms with Gasteiger partial charge in [-0.2, -0.15) is 5.26 Å². The maximum absolute atomic E-state index is 8.73. The minimum atomic E-state index is 0.0211. The van der Waals surface area contributed by atoms with Crippen LogP contribution in [0, 0.1) is 11.3 Å². The Balaban J connectivity index is 2.18. The number of hydrogen-bond donors (Lipinski definition) is 1. The lowest BCUT2D eigenvalue weighted by molar-refractivity contribution is 0.268. The van der Waals surface area contributed by atoms with Gasteiger partial charge in [-0.05, 0) is 32.9 Å². The van der Waals surface area contributed by atoms with Gasteiger partial charge in [0.05, 0.1) is 12.1 Å². The summed E-state index contributed by atoms with van der Waals surface area (Å²) in [6.07, 6.45) is 3.65. The first-order chi connectivity index (χ1) is 6.31. The molecule has 1 N–H and O–H groups in total. The monoisotopic (exact) mass is 181 g/mol. The summed E-state index contributed by atoms with van der Waals surface area (Å²) in [6, 6.07) is 3.09. The molecule has 1 unspecified atom stereocenters. The lowest BCUT2D eigenvalue weighted by atomic mass is 10.2. The molecule has 1 atom stereocenters. The Morgan fingerprint density at radius 3 is 2.69 bits per heavy atom. The number of hydrogen-bond acceptors (Lipinski definition) is 3. The van der Waals surface area contributed by atoms with E-state index in [9.17, 15) is 0 Å². The van der Waals surface area contributed by atoms with Gasteiger partial charge in [0.25, 0.3) is 0 Å². The molecular weight excluding hydrogens is 162 g/mol. The first-order valence-corrected chi connectivity index (χ1v) is 5.12. The molecule has 13 heavy (non-hydrogen) atoms. The summed E-state index contributed by atoms with van der Waals surface area (Å²) in [5, 5.41) is 11.7. The van der Waals surface area contributed by atoms with Gasteiger partial charge >= 0.3 is 0 Å². The molecule has 0 radical (unpaired) electrons. The molecule has 0 aromatic heterocycles. The van der Waals surface area contributed by atoms with E-state index >= 15 is 0 Å². The van der Waals surface area contributed by atoms with Crippen LogP contribution in [0.15, 0.2) is 0 Å². The Morgan fingerprint density at radius 1 is 1.62 bits per heavy atom. The van der Waals surface area contributed by atoms with Gasteiger partial charge in [-0.15, -0.1) is 0 Å². The van der Waals surface area contributed by atoms with Gasteiger partial charge in [-0.3, -0.25) is 0 Å². The summed E-state index contributed by atoms with van der Waals surface area (Å²) in [4.78, 5) is 2.47. The number of nitrogens with one attached hydrogen (secondary N) is 1. The van der Waals surface area contributed by atoms with Crippen molar-refractivity contribution >= 4 is 0 Å². The average molecular weight is 181 g/mol. The molecule has 74 valence electrons. The van der Waals surface area contributed by atoms with Gasteiger partial charge in [-0.25, -0.2) is 0 Å². The van der Waals surface area contributed by atoms with E-state index in [4.69, 9.17) is 5.26 Å². The molecule has 0 aromatic carbocycles. The maximum Gasteiger partial charge on any atom is 0.0962 e. The number of nitriles is 1. The van der Waals surface area contributed by atoms with Crippen LogP contribution in [0.5, 0.6) is 0 Å². The Labute approximate surface area is 80.7 Å². The van der Waals surface area contributed by atoms with Crippen LogP contribution in [0.1, 0.15) is 26.2 Å². The summed E-state index contributed by atoms with van der Waals surface area (Å²) in [7, 11) is 1.85. The smallest absolute Gasteiger partial charge is 0.0962 e. The fourth-order valence-corrected chi connectivity index (χ4v) is 1.61. The topological polar surface area (TPSA) is 39.1 Å². The van der Waals surface area contributed by atoms with Crippen LogP contribution in [0.2, 0.25) is 0 Å². The Morgan fingerprint density at radius 2 is 2.31 bits per heavy atom. The first kappa shape index (κ1) is 10.5. The van der Waals surface area contributed by atoms with Crippen molar-refractivity contribution in [2.24, 2.45) is 0 Å². The second-order valence-electron chi connectivity index (χ2n) is 3.62. The molecule has 0 saturated heterocycles. The van der Waals surface area contributed by atoms with Crippen LogP contribution in [0.4, 0.5) is 0 Å². The van der Waals surface area contributed by atoms with E-state index in [1.165, 1.54) is 12.8 Å². The lowest BCUT2D eigenvalue weighted by Gasteiger charge is -2.20. The molecule has 0 amide bonds. The summed E-state index contributed by atoms with van der Waals surface area (Å²) in [6.45, 7) is 4.37. The van der Waals surface area contributed by atoms with E-state index in [2.05, 4.69) is 23.2 Å². The van der Waals surface area contributed by atoms with Gasteiger partial charge in [-0.1, -0.05) is 6.92 Å². The predicted molar refractivity (Wildman–Crippen MR) is 53.3 cm³/mol. The van der Waals surface area contributed by atoms with Crippen LogP contribution in [0.25, 0.3) is 0 Å². The highest BCUT2D eigenvalue weighted by Gasteiger charge is 2.27. The van der Waals surface area contributed by atoms with Crippen molar-refractivity contribution in [1.29, 1.82) is 5.26 Å². The molecule has 0 aromatic rings. The van der Waals surface area contributed by atoms with E-state index in [0.29, 0.717) is 0 Å². The van der Waals surface area contributed by atoms with Gasteiger partial charge in [0.1, 0.15) is 0 Å². The van der Waals surface area contributed by atoms with E-state index in [1.807, 2.05) is 7.05 Å². The van der Waals surface area contributed by atoms with Crippen molar-refractivity contribution in [3.63, 3.8) is 0 Å². The van der Waals surface area contributed by atoms with Gasteiger partial charge in [0.2, 0.25) is 0 Å². The lowest BCUT2D eigenvalue weighted by Crippen LogP contribution is -2.32. The van der Waals surface area contributed by atoms with Crippen molar-refractivity contribution < 1.29 is 0 Å². The van der Waals surface area contributed by atoms with Crippen molar-refractivity contribution in [1.82, 2.24) is 10.2 Å². The van der Waals surface area contributed by atoms with E-state index < -0.39 is 0 Å². The summed E-state index contributed by atoms with van der Waals surface area (Å²) in [5.41, 5.74) is 0. The van der Waals surface area contributed by atoms with Gasteiger partial charge < -0.3 is 10.2 Å². The second kappa shape index (κ2) is 5.21. The number of nitrogens with zero attached hydrogens (tertiary/aromatic N) is 2. The SMILES string of the molecule is CCN(CCC(C#N)NC)C1CC1. The zero-order valence-electron chi connectivity index (χ0n) is 8.58. The fraction of sp³-hybridized carbons (Fsp3) is 0.900. The summed E-state index contributed by atoms with van der Waals surface area (Å²) in [5.74, 6) is 0. The molecule has 1 rings (SSSR count). The molecule has 0 bridgehead atoms. The second-order valence-corrected chi connectivity index (χ2v) is 3.62. The molecule has 3 nitrogen and oxygen atoms in total. The maximum atomic E-state index is 8.73. The first-order valence-electron chi connectivity index (χ1n) is 5.12. The third-order valence-electron chi connectivity index (χ3n) is 2.68. The number of rotatable bonds is 6. The third-order valence-corrected chi connectivity index (χ3v) is 2.68. The quantitative estimate of drug-likeness (QED) is 0.663. The molecule has 1 fully saturated rings. The normalized spacial score (nSPS) is 18.6. The minimum absolute atomic E-state index is 0.0211. The van der Waals surface area contributed by atoms with Crippen LogP contribution in [-0.2, 0) is 0 Å². The molecule has 0 spiro atoms. The Bertz CT molecular complexity index is 181. The minimum Gasteiger partial charge on any atom is -0.305 e. The van der Waals surface area contributed by atoms with Crippen LogP contribution in [-0.4, -0.2) is 37.1 Å². The predicted octanol–water partition coefficient (Wildman–Crippen LogP) is 0.972. The van der Waals surface area contributed by atoms with Gasteiger partial charge in [0.15, 0.2) is 0 Å². The molecule has 1 saturated carbocycles. The fourth-order valence-electron chi connectivity index (χ4n) is 1.61. The van der Waals surface area contributed by atoms with Crippen molar-refractivity contribution in [2.45, 2.75) is 38.3 Å². The zero-order valence-corrected chi connectivity index (χ0v) is 8.58. The third kappa shape index (κ3) is 3.33. The Kier molecular flexibility index (Phi) is 4.20. The molecule has 1 aliphatic rings. The van der Waals surface area contributed by atoms with Crippen LogP contribution in [0.3, 0.4) is 0 Å². The standard InChI is InChI=1S/C10H19N3/c1-3-13(10-4-5-10)7-6-9(8-11)12-2/h9-10,12H,3-7H2,1-2H3. The van der Waals surface area contributed by atoms with Crippen LogP contribution < -0.4 is 5.32 Å². The summed E-state index contributed by atoms with van der Waals surface area (Å²) < 4.78 is 0. The van der Waals surface area contributed by atoms with Crippen molar-refractivity contribution in [2.75, 3.05) is 20.1 Å². The summed E-state index contributed by atoms with van der Waals surface area (Å²) >= 11 is 0. The van der Waals surface area contributed by atoms with E-state index in [1.54, 1.807) is 0 Å².